The minimum atomic E-state index is -2.86. The van der Waals surface area contributed by atoms with Gasteiger partial charge in [-0.25, -0.2) is 20.0 Å². The number of hydrogen-bond donors (Lipinski definition) is 4. The second kappa shape index (κ2) is 9.14. The quantitative estimate of drug-likeness (QED) is 0.370. The third-order valence-electron chi connectivity index (χ3n) is 5.61. The Morgan fingerprint density at radius 1 is 1.27 bits per heavy atom. The Kier molecular flexibility index (Phi) is 6.38. The van der Waals surface area contributed by atoms with Crippen LogP contribution in [0.2, 0.25) is 5.02 Å². The largest absolute Gasteiger partial charge is 0.387 e. The van der Waals surface area contributed by atoms with E-state index in [2.05, 4.69) is 20.0 Å². The van der Waals surface area contributed by atoms with Crippen LogP contribution in [0.3, 0.4) is 0 Å². The summed E-state index contributed by atoms with van der Waals surface area (Å²) in [6, 6.07) is 7.42. The second-order valence-corrected chi connectivity index (χ2v) is 11.4. The van der Waals surface area contributed by atoms with E-state index in [1.807, 2.05) is 18.2 Å². The van der Waals surface area contributed by atoms with Crippen molar-refractivity contribution in [3.63, 3.8) is 0 Å². The number of hydrogen-bond acceptors (Lipinski definition) is 10. The summed E-state index contributed by atoms with van der Waals surface area (Å²) in [5, 5.41) is 24.9. The molecule has 0 aliphatic carbocycles. The van der Waals surface area contributed by atoms with Crippen LogP contribution in [0.4, 0.5) is 5.82 Å². The van der Waals surface area contributed by atoms with Crippen LogP contribution < -0.4 is 10.8 Å². The average molecular weight is 513 g/mol. The highest BCUT2D eigenvalue weighted by Gasteiger charge is 2.45. The predicted octanol–water partition coefficient (Wildman–Crippen LogP) is 1.67. The van der Waals surface area contributed by atoms with Gasteiger partial charge >= 0.3 is 0 Å². The van der Waals surface area contributed by atoms with E-state index in [0.29, 0.717) is 29.2 Å². The fourth-order valence-electron chi connectivity index (χ4n) is 3.93. The Hall–Kier alpha value is -1.73. The first-order chi connectivity index (χ1) is 15.8. The Morgan fingerprint density at radius 2 is 2.12 bits per heavy atom. The maximum Gasteiger partial charge on any atom is 0.261 e. The third kappa shape index (κ3) is 4.51. The van der Waals surface area contributed by atoms with E-state index >= 15 is 0 Å². The molecule has 176 valence electrons. The number of halogens is 1. The molecule has 2 aliphatic heterocycles. The van der Waals surface area contributed by atoms with Gasteiger partial charge in [-0.15, -0.1) is 0 Å². The van der Waals surface area contributed by atoms with E-state index in [1.165, 1.54) is 17.2 Å². The molecule has 0 spiro atoms. The number of rotatable bonds is 5. The van der Waals surface area contributed by atoms with Gasteiger partial charge in [-0.1, -0.05) is 23.7 Å². The molecule has 3 aromatic rings. The molecule has 6 atom stereocenters. The van der Waals surface area contributed by atoms with Gasteiger partial charge in [0.2, 0.25) is 0 Å². The molecule has 11 nitrogen and oxygen atoms in total. The summed E-state index contributed by atoms with van der Waals surface area (Å²) in [4.78, 5) is 12.3. The predicted molar refractivity (Wildman–Crippen MR) is 124 cm³/mol. The lowest BCUT2D eigenvalue weighted by Gasteiger charge is -2.34. The molecular weight excluding hydrogens is 491 g/mol. The van der Waals surface area contributed by atoms with Gasteiger partial charge in [-0.3, -0.25) is 4.57 Å². The summed E-state index contributed by atoms with van der Waals surface area (Å²) in [6.45, 7) is -2.33. The van der Waals surface area contributed by atoms with Crippen LogP contribution in [-0.4, -0.2) is 61.2 Å². The maximum absolute atomic E-state index is 10.6. The number of imidazole rings is 1. The Labute approximate surface area is 199 Å². The number of nitrogens with one attached hydrogen (secondary N) is 1. The van der Waals surface area contributed by atoms with Crippen molar-refractivity contribution in [2.45, 2.75) is 37.1 Å². The van der Waals surface area contributed by atoms with Gasteiger partial charge in [0, 0.05) is 18.0 Å². The number of ether oxygens (including phenoxy) is 1. The van der Waals surface area contributed by atoms with Crippen LogP contribution in [0.15, 0.2) is 36.9 Å². The monoisotopic (exact) mass is 512 g/mol. The average Bonchev–Trinajstić information content (AvgIpc) is 3.35. The second-order valence-electron chi connectivity index (χ2n) is 7.76. The molecule has 0 radical (unpaired) electrons. The van der Waals surface area contributed by atoms with Gasteiger partial charge < -0.3 is 29.7 Å². The minimum Gasteiger partial charge on any atom is -0.387 e. The standard InChI is InChI=1S/C19H22ClN6O5PS/c20-11-3-1-2-10(6-11)12-4-5-29-32(33,31-12)25-7-13-15(27)16(28)19(30-13)26-9-24-14-17(21)22-8-23-18(14)26/h1-3,6,8-9,12-13,15-16,19,27-28H,4-5,7H2,(H,25,33)(H2,21,22,23)/t12?,13-,15?,16+,19-,32?/m1/s1. The van der Waals surface area contributed by atoms with Crippen molar-refractivity contribution < 1.29 is 24.0 Å². The number of nitrogens with zero attached hydrogens (tertiary/aromatic N) is 4. The molecule has 1 aromatic carbocycles. The summed E-state index contributed by atoms with van der Waals surface area (Å²) in [7, 11) is 0. The normalized spacial score (nSPS) is 32.4. The first-order valence-corrected chi connectivity index (χ1v) is 13.2. The molecule has 2 aliphatic rings. The van der Waals surface area contributed by atoms with Crippen LogP contribution in [0.25, 0.3) is 11.2 Å². The Bertz CT molecular complexity index is 1220. The zero-order valence-electron chi connectivity index (χ0n) is 17.2. The molecule has 2 saturated heterocycles. The van der Waals surface area contributed by atoms with Gasteiger partial charge in [0.1, 0.15) is 30.2 Å². The number of nitrogen functional groups attached to an aromatic ring is 1. The number of fused-ring (bicyclic) bond motifs is 1. The maximum atomic E-state index is 10.6. The molecule has 4 heterocycles. The molecule has 2 fully saturated rings. The van der Waals surface area contributed by atoms with Crippen molar-refractivity contribution in [2.24, 2.45) is 0 Å². The van der Waals surface area contributed by atoms with Crippen molar-refractivity contribution in [1.82, 2.24) is 24.6 Å². The van der Waals surface area contributed by atoms with E-state index in [4.69, 9.17) is 42.9 Å². The lowest BCUT2D eigenvalue weighted by molar-refractivity contribution is -0.0335. The number of aromatic nitrogens is 4. The van der Waals surface area contributed by atoms with Crippen molar-refractivity contribution in [1.29, 1.82) is 0 Å². The summed E-state index contributed by atoms with van der Waals surface area (Å²) < 4.78 is 19.3. The fraction of sp³-hybridized carbons (Fsp3) is 0.421. The minimum absolute atomic E-state index is 0.109. The van der Waals surface area contributed by atoms with E-state index in [0.717, 1.165) is 5.56 Å². The number of benzene rings is 1. The molecule has 2 aromatic heterocycles. The van der Waals surface area contributed by atoms with Crippen molar-refractivity contribution >= 4 is 47.0 Å². The van der Waals surface area contributed by atoms with Crippen molar-refractivity contribution in [3.05, 3.63) is 47.5 Å². The van der Waals surface area contributed by atoms with E-state index in [1.54, 1.807) is 6.07 Å². The lowest BCUT2D eigenvalue weighted by atomic mass is 10.1. The van der Waals surface area contributed by atoms with E-state index in [-0.39, 0.29) is 18.5 Å². The summed E-state index contributed by atoms with van der Waals surface area (Å²) in [5.41, 5.74) is 7.53. The smallest absolute Gasteiger partial charge is 0.261 e. The lowest BCUT2D eigenvalue weighted by Crippen LogP contribution is -2.37. The highest BCUT2D eigenvalue weighted by atomic mass is 35.5. The highest BCUT2D eigenvalue weighted by Crippen LogP contribution is 2.53. The first kappa shape index (κ1) is 23.0. The molecule has 5 N–H and O–H groups in total. The zero-order chi connectivity index (χ0) is 23.2. The van der Waals surface area contributed by atoms with Gasteiger partial charge in [0.15, 0.2) is 17.7 Å². The first-order valence-electron chi connectivity index (χ1n) is 10.2. The number of anilines is 1. The van der Waals surface area contributed by atoms with E-state index in [9.17, 15) is 10.2 Å². The number of aliphatic hydroxyl groups is 2. The SMILES string of the molecule is Nc1ncnc2c1ncn2[C@@H]1O[C@H](CNP2(=S)OCCC(c3cccc(Cl)c3)O2)C(O)[C@@H]1O. The van der Waals surface area contributed by atoms with Gasteiger partial charge in [0.25, 0.3) is 6.64 Å². The Balaban J connectivity index is 1.27. The van der Waals surface area contributed by atoms with Crippen LogP contribution >= 0.6 is 18.2 Å². The summed E-state index contributed by atoms with van der Waals surface area (Å²) in [5.74, 6) is 0.212. The van der Waals surface area contributed by atoms with Crippen molar-refractivity contribution in [3.8, 4) is 0 Å². The molecule has 0 bridgehead atoms. The summed E-state index contributed by atoms with van der Waals surface area (Å²) >= 11 is 11.7. The molecule has 0 saturated carbocycles. The zero-order valence-corrected chi connectivity index (χ0v) is 19.7. The van der Waals surface area contributed by atoms with E-state index < -0.39 is 31.2 Å². The van der Waals surface area contributed by atoms with Crippen LogP contribution in [0.1, 0.15) is 24.3 Å². The topological polar surface area (TPSA) is 150 Å². The van der Waals surface area contributed by atoms with Crippen LogP contribution in [0, 0.1) is 0 Å². The van der Waals surface area contributed by atoms with Crippen LogP contribution in [0.5, 0.6) is 0 Å². The van der Waals surface area contributed by atoms with Crippen LogP contribution in [-0.2, 0) is 25.6 Å². The molecular formula is C19H22ClN6O5PS. The molecule has 5 rings (SSSR count). The number of nitrogens with two attached hydrogens (primary N) is 1. The van der Waals surface area contributed by atoms with Crippen molar-refractivity contribution in [2.75, 3.05) is 18.9 Å². The molecule has 33 heavy (non-hydrogen) atoms. The fourth-order valence-corrected chi connectivity index (χ4v) is 6.43. The third-order valence-corrected chi connectivity index (χ3v) is 8.43. The van der Waals surface area contributed by atoms with Gasteiger partial charge in [-0.05, 0) is 29.5 Å². The highest BCUT2D eigenvalue weighted by molar-refractivity contribution is 8.09. The summed E-state index contributed by atoms with van der Waals surface area (Å²) in [6.07, 6.45) is -0.985. The molecule has 14 heteroatoms. The molecule has 3 unspecified atom stereocenters. The number of aliphatic hydroxyl groups excluding tert-OH is 2. The molecule has 0 amide bonds. The Morgan fingerprint density at radius 3 is 2.94 bits per heavy atom. The van der Waals surface area contributed by atoms with Gasteiger partial charge in [0.05, 0.1) is 19.0 Å². The van der Waals surface area contributed by atoms with Gasteiger partial charge in [-0.2, -0.15) is 0 Å².